The summed E-state index contributed by atoms with van der Waals surface area (Å²) in [6, 6.07) is 0.235. The highest BCUT2D eigenvalue weighted by atomic mass is 35.5. The number of nitrogens with zero attached hydrogens (tertiary/aromatic N) is 1. The van der Waals surface area contributed by atoms with Gasteiger partial charge < -0.3 is 10.6 Å². The van der Waals surface area contributed by atoms with Gasteiger partial charge in [0.25, 0.3) is 0 Å². The van der Waals surface area contributed by atoms with Crippen molar-refractivity contribution in [1.82, 2.24) is 4.90 Å². The predicted molar refractivity (Wildman–Crippen MR) is 67.7 cm³/mol. The Kier molecular flexibility index (Phi) is 2.67. The van der Waals surface area contributed by atoms with Gasteiger partial charge in [0.1, 0.15) is 0 Å². The van der Waals surface area contributed by atoms with E-state index in [1.807, 2.05) is 4.90 Å². The fraction of sp³-hybridized carbons (Fsp3) is 0.923. The number of likely N-dealkylation sites (tertiary alicyclic amines) is 1. The van der Waals surface area contributed by atoms with Gasteiger partial charge in [0.05, 0.1) is 0 Å². The van der Waals surface area contributed by atoms with E-state index in [1.54, 1.807) is 0 Å². The van der Waals surface area contributed by atoms with E-state index in [9.17, 15) is 4.79 Å². The van der Waals surface area contributed by atoms with Gasteiger partial charge in [0.2, 0.25) is 5.91 Å². The monoisotopic (exact) mass is 256 g/mol. The van der Waals surface area contributed by atoms with Crippen molar-refractivity contribution in [2.45, 2.75) is 31.7 Å². The molecule has 4 fully saturated rings. The second kappa shape index (κ2) is 3.86. The van der Waals surface area contributed by atoms with E-state index in [0.717, 1.165) is 43.2 Å². The third-order valence-electron chi connectivity index (χ3n) is 5.56. The minimum absolute atomic E-state index is 0. The van der Waals surface area contributed by atoms with E-state index in [0.29, 0.717) is 11.8 Å². The molecule has 0 spiro atoms. The molecule has 0 radical (unpaired) electrons. The van der Waals surface area contributed by atoms with Crippen LogP contribution in [0.2, 0.25) is 0 Å². The topological polar surface area (TPSA) is 46.3 Å². The van der Waals surface area contributed by atoms with Crippen LogP contribution in [-0.2, 0) is 4.79 Å². The van der Waals surface area contributed by atoms with Crippen LogP contribution in [0.25, 0.3) is 0 Å². The number of carbonyl (C=O) groups is 1. The molecule has 2 bridgehead atoms. The Balaban J connectivity index is 0.000000902. The standard InChI is InChI=1S/C13H20N2O.ClH/c14-9-3-4-15(6-9)13(16)12-10-7-1-2-8(5-7)11(10)12;/h7-12H,1-6,14H2;1H/t7?,8?,9-,10?,11?,12?;/m1./s1. The van der Waals surface area contributed by atoms with Crippen molar-refractivity contribution in [3.8, 4) is 0 Å². The molecule has 3 aliphatic carbocycles. The molecule has 0 aromatic carbocycles. The Morgan fingerprint density at radius 3 is 2.29 bits per heavy atom. The Bertz CT molecular complexity index is 332. The minimum atomic E-state index is 0. The highest BCUT2D eigenvalue weighted by molar-refractivity contribution is 5.85. The first-order valence-corrected chi connectivity index (χ1v) is 6.80. The minimum Gasteiger partial charge on any atom is -0.341 e. The summed E-state index contributed by atoms with van der Waals surface area (Å²) in [5.41, 5.74) is 5.87. The molecular weight excluding hydrogens is 236 g/mol. The van der Waals surface area contributed by atoms with Gasteiger partial charge in [-0.1, -0.05) is 0 Å². The van der Waals surface area contributed by atoms with Crippen LogP contribution in [0.15, 0.2) is 0 Å². The van der Waals surface area contributed by atoms with Gasteiger partial charge in [-0.15, -0.1) is 12.4 Å². The van der Waals surface area contributed by atoms with E-state index >= 15 is 0 Å². The van der Waals surface area contributed by atoms with E-state index in [2.05, 4.69) is 0 Å². The predicted octanol–water partition coefficient (Wildman–Crippen LogP) is 1.26. The summed E-state index contributed by atoms with van der Waals surface area (Å²) < 4.78 is 0. The molecule has 2 N–H and O–H groups in total. The molecule has 1 amide bonds. The first-order valence-electron chi connectivity index (χ1n) is 6.80. The van der Waals surface area contributed by atoms with Gasteiger partial charge in [-0.3, -0.25) is 4.79 Å². The molecule has 0 aromatic rings. The van der Waals surface area contributed by atoms with Crippen LogP contribution < -0.4 is 5.73 Å². The Morgan fingerprint density at radius 1 is 1.12 bits per heavy atom. The Morgan fingerprint density at radius 2 is 1.76 bits per heavy atom. The quantitative estimate of drug-likeness (QED) is 0.768. The molecular formula is C13H21ClN2O. The zero-order valence-electron chi connectivity index (χ0n) is 10.0. The van der Waals surface area contributed by atoms with Crippen molar-refractivity contribution in [3.05, 3.63) is 0 Å². The Hall–Kier alpha value is -0.280. The van der Waals surface area contributed by atoms with E-state index in [4.69, 9.17) is 5.73 Å². The number of amides is 1. The molecule has 3 nitrogen and oxygen atoms in total. The number of fused-ring (bicyclic) bond motifs is 5. The molecule has 1 aliphatic heterocycles. The maximum Gasteiger partial charge on any atom is 0.226 e. The van der Waals surface area contributed by atoms with Crippen molar-refractivity contribution < 1.29 is 4.79 Å². The van der Waals surface area contributed by atoms with Crippen molar-refractivity contribution in [2.75, 3.05) is 13.1 Å². The molecule has 4 rings (SSSR count). The molecule has 4 unspecified atom stereocenters. The van der Waals surface area contributed by atoms with E-state index < -0.39 is 0 Å². The summed E-state index contributed by atoms with van der Waals surface area (Å²) in [6.07, 6.45) is 5.23. The van der Waals surface area contributed by atoms with Gasteiger partial charge in [-0.2, -0.15) is 0 Å². The number of hydrogen-bond donors (Lipinski definition) is 1. The van der Waals surface area contributed by atoms with Gasteiger partial charge in [-0.05, 0) is 49.4 Å². The lowest BCUT2D eigenvalue weighted by Crippen LogP contribution is -2.34. The molecule has 3 saturated carbocycles. The molecule has 17 heavy (non-hydrogen) atoms. The molecule has 0 aromatic heterocycles. The lowest BCUT2D eigenvalue weighted by molar-refractivity contribution is -0.132. The van der Waals surface area contributed by atoms with Gasteiger partial charge in [-0.25, -0.2) is 0 Å². The maximum atomic E-state index is 12.4. The summed E-state index contributed by atoms with van der Waals surface area (Å²) in [6.45, 7) is 1.72. The average molecular weight is 257 g/mol. The second-order valence-corrected chi connectivity index (χ2v) is 6.35. The van der Waals surface area contributed by atoms with E-state index in [-0.39, 0.29) is 18.4 Å². The molecule has 4 heteroatoms. The highest BCUT2D eigenvalue weighted by Crippen LogP contribution is 2.69. The molecule has 5 atom stereocenters. The van der Waals surface area contributed by atoms with Gasteiger partial charge in [0.15, 0.2) is 0 Å². The number of rotatable bonds is 1. The zero-order chi connectivity index (χ0) is 10.9. The first-order chi connectivity index (χ1) is 7.75. The van der Waals surface area contributed by atoms with Gasteiger partial charge >= 0.3 is 0 Å². The third-order valence-corrected chi connectivity index (χ3v) is 5.56. The maximum absolute atomic E-state index is 12.4. The van der Waals surface area contributed by atoms with E-state index in [1.165, 1.54) is 19.3 Å². The largest absolute Gasteiger partial charge is 0.341 e. The summed E-state index contributed by atoms with van der Waals surface area (Å²) in [5.74, 6) is 4.22. The molecule has 4 aliphatic rings. The zero-order valence-corrected chi connectivity index (χ0v) is 10.9. The summed E-state index contributed by atoms with van der Waals surface area (Å²) in [7, 11) is 0. The van der Waals surface area contributed by atoms with Crippen LogP contribution in [0.4, 0.5) is 0 Å². The van der Waals surface area contributed by atoms with Crippen LogP contribution >= 0.6 is 12.4 Å². The molecule has 1 heterocycles. The van der Waals surface area contributed by atoms with Crippen LogP contribution in [-0.4, -0.2) is 29.9 Å². The van der Waals surface area contributed by atoms with Crippen molar-refractivity contribution in [1.29, 1.82) is 0 Å². The number of hydrogen-bond acceptors (Lipinski definition) is 2. The van der Waals surface area contributed by atoms with Crippen LogP contribution in [0.3, 0.4) is 0 Å². The summed E-state index contributed by atoms with van der Waals surface area (Å²) in [4.78, 5) is 14.4. The lowest BCUT2D eigenvalue weighted by Gasteiger charge is -2.18. The van der Waals surface area contributed by atoms with Crippen molar-refractivity contribution in [2.24, 2.45) is 35.3 Å². The smallest absolute Gasteiger partial charge is 0.226 e. The highest BCUT2D eigenvalue weighted by Gasteiger charge is 2.68. The summed E-state index contributed by atoms with van der Waals surface area (Å²) in [5, 5.41) is 0. The SMILES string of the molecule is Cl.N[C@@H]1CCN(C(=O)C2C3C4CCC(C4)C23)C1. The fourth-order valence-electron chi connectivity index (χ4n) is 4.85. The van der Waals surface area contributed by atoms with Crippen LogP contribution in [0, 0.1) is 29.6 Å². The third kappa shape index (κ3) is 1.55. The normalized spacial score (nSPS) is 50.1. The molecule has 96 valence electrons. The van der Waals surface area contributed by atoms with Crippen molar-refractivity contribution >= 4 is 18.3 Å². The summed E-state index contributed by atoms with van der Waals surface area (Å²) >= 11 is 0. The van der Waals surface area contributed by atoms with Crippen LogP contribution in [0.5, 0.6) is 0 Å². The number of halogens is 1. The second-order valence-electron chi connectivity index (χ2n) is 6.35. The Labute approximate surface area is 109 Å². The average Bonchev–Trinajstić information content (AvgIpc) is 2.68. The number of carbonyl (C=O) groups excluding carboxylic acids is 1. The lowest BCUT2D eigenvalue weighted by atomic mass is 10.0. The van der Waals surface area contributed by atoms with Crippen molar-refractivity contribution in [3.63, 3.8) is 0 Å². The molecule has 1 saturated heterocycles. The first kappa shape index (κ1) is 11.8. The van der Waals surface area contributed by atoms with Crippen LogP contribution in [0.1, 0.15) is 25.7 Å². The fourth-order valence-corrected chi connectivity index (χ4v) is 4.85. The van der Waals surface area contributed by atoms with Gasteiger partial charge in [0, 0.05) is 25.0 Å². The number of nitrogens with two attached hydrogens (primary N) is 1.